The zero-order chi connectivity index (χ0) is 21.4. The van der Waals surface area contributed by atoms with Crippen molar-refractivity contribution in [3.8, 4) is 0 Å². The summed E-state index contributed by atoms with van der Waals surface area (Å²) in [4.78, 5) is 28.2. The van der Waals surface area contributed by atoms with Crippen LogP contribution in [0.25, 0.3) is 0 Å². The molecule has 2 aromatic rings. The third kappa shape index (κ3) is 3.81. The molecule has 7 nitrogen and oxygen atoms in total. The normalized spacial score (nSPS) is 20.5. The van der Waals surface area contributed by atoms with Gasteiger partial charge in [-0.15, -0.1) is 0 Å². The lowest BCUT2D eigenvalue weighted by molar-refractivity contribution is -0.384. The highest BCUT2D eigenvalue weighted by Gasteiger charge is 2.42. The summed E-state index contributed by atoms with van der Waals surface area (Å²) in [6, 6.07) is 11.3. The number of amides is 1. The lowest BCUT2D eigenvalue weighted by atomic mass is 9.83. The third-order valence-electron chi connectivity index (χ3n) is 5.87. The molecular weight excluding hydrogens is 387 g/mol. The van der Waals surface area contributed by atoms with Crippen LogP contribution in [0, 0.1) is 21.8 Å². The zero-order valence-corrected chi connectivity index (χ0v) is 17.0. The van der Waals surface area contributed by atoms with E-state index in [-0.39, 0.29) is 35.4 Å². The maximum absolute atomic E-state index is 13.3. The second kappa shape index (κ2) is 7.93. The number of rotatable bonds is 4. The number of benzene rings is 2. The van der Waals surface area contributed by atoms with Crippen LogP contribution in [0.1, 0.15) is 19.4 Å². The van der Waals surface area contributed by atoms with Crippen molar-refractivity contribution >= 4 is 23.0 Å². The van der Waals surface area contributed by atoms with Crippen LogP contribution in [0.3, 0.4) is 0 Å². The molecule has 2 aliphatic rings. The number of piperazine rings is 1. The number of anilines is 2. The first-order valence-corrected chi connectivity index (χ1v) is 10.2. The Bertz CT molecular complexity index is 963. The van der Waals surface area contributed by atoms with E-state index < -0.39 is 4.92 Å². The molecule has 2 aromatic carbocycles. The minimum absolute atomic E-state index is 0.00856. The fourth-order valence-electron chi connectivity index (χ4n) is 4.50. The van der Waals surface area contributed by atoms with E-state index in [0.29, 0.717) is 19.5 Å². The number of carbonyl (C=O) groups is 1. The van der Waals surface area contributed by atoms with E-state index in [2.05, 4.69) is 15.1 Å². The fraction of sp³-hybridized carbons (Fsp3) is 0.409. The van der Waals surface area contributed by atoms with Crippen molar-refractivity contribution in [2.24, 2.45) is 5.92 Å². The smallest absolute Gasteiger partial charge is 0.269 e. The van der Waals surface area contributed by atoms with Gasteiger partial charge in [-0.3, -0.25) is 14.9 Å². The van der Waals surface area contributed by atoms with Crippen molar-refractivity contribution in [3.63, 3.8) is 0 Å². The summed E-state index contributed by atoms with van der Waals surface area (Å²) in [6.07, 6.45) is 0.452. The Balaban J connectivity index is 1.68. The van der Waals surface area contributed by atoms with Crippen LogP contribution < -0.4 is 15.1 Å². The number of nitrogens with one attached hydrogen (secondary N) is 1. The van der Waals surface area contributed by atoms with Crippen molar-refractivity contribution in [2.45, 2.75) is 32.4 Å². The molecule has 1 amide bonds. The van der Waals surface area contributed by atoms with Gasteiger partial charge in [-0.1, -0.05) is 0 Å². The summed E-state index contributed by atoms with van der Waals surface area (Å²) in [6.45, 7) is 5.86. The van der Waals surface area contributed by atoms with Gasteiger partial charge in [-0.05, 0) is 56.2 Å². The number of non-ortho nitro benzene ring substituents is 1. The van der Waals surface area contributed by atoms with E-state index in [1.54, 1.807) is 24.3 Å². The largest absolute Gasteiger partial charge is 0.368 e. The Labute approximate surface area is 174 Å². The van der Waals surface area contributed by atoms with Crippen LogP contribution in [0.2, 0.25) is 0 Å². The van der Waals surface area contributed by atoms with Gasteiger partial charge >= 0.3 is 0 Å². The minimum atomic E-state index is -0.401. The van der Waals surface area contributed by atoms with Gasteiger partial charge in [0.05, 0.1) is 16.9 Å². The molecule has 4 rings (SSSR count). The molecule has 2 aliphatic heterocycles. The third-order valence-corrected chi connectivity index (χ3v) is 5.87. The quantitative estimate of drug-likeness (QED) is 0.617. The lowest BCUT2D eigenvalue weighted by Crippen LogP contribution is -2.61. The van der Waals surface area contributed by atoms with Crippen LogP contribution in [-0.4, -0.2) is 42.5 Å². The van der Waals surface area contributed by atoms with Gasteiger partial charge < -0.3 is 15.1 Å². The number of nitro benzene ring substituents is 1. The van der Waals surface area contributed by atoms with Gasteiger partial charge in [0.1, 0.15) is 5.82 Å². The number of carbonyl (C=O) groups excluding carboxylic acids is 1. The van der Waals surface area contributed by atoms with Gasteiger partial charge in [0.2, 0.25) is 5.91 Å². The van der Waals surface area contributed by atoms with E-state index in [1.165, 1.54) is 18.2 Å². The van der Waals surface area contributed by atoms with Crippen LogP contribution >= 0.6 is 0 Å². The number of nitro groups is 1. The maximum atomic E-state index is 13.3. The van der Waals surface area contributed by atoms with Crippen LogP contribution in [0.5, 0.6) is 0 Å². The van der Waals surface area contributed by atoms with E-state index in [1.807, 2.05) is 13.8 Å². The molecule has 2 atom stereocenters. The lowest BCUT2D eigenvalue weighted by Gasteiger charge is -2.49. The van der Waals surface area contributed by atoms with Crippen molar-refractivity contribution in [1.29, 1.82) is 0 Å². The average molecular weight is 412 g/mol. The Morgan fingerprint density at radius 2 is 1.93 bits per heavy atom. The predicted molar refractivity (Wildman–Crippen MR) is 113 cm³/mol. The Hall–Kier alpha value is -3.16. The van der Waals surface area contributed by atoms with Crippen molar-refractivity contribution in [3.05, 3.63) is 64.0 Å². The molecule has 1 saturated heterocycles. The highest BCUT2D eigenvalue weighted by molar-refractivity contribution is 5.82. The molecule has 0 saturated carbocycles. The fourth-order valence-corrected chi connectivity index (χ4v) is 4.50. The number of fused-ring (bicyclic) bond motifs is 3. The molecule has 158 valence electrons. The molecule has 1 fully saturated rings. The Kier molecular flexibility index (Phi) is 5.32. The predicted octanol–water partition coefficient (Wildman–Crippen LogP) is 3.13. The SMILES string of the molecule is CC(C)NC(=O)C1Cc2cc([N+](=O)[O-])ccc2N2CCN(c3ccc(F)cc3)CC12. The number of halogens is 1. The van der Waals surface area contributed by atoms with Gasteiger partial charge in [0.15, 0.2) is 0 Å². The standard InChI is InChI=1S/C22H25FN4O3/c1-14(2)24-22(28)19-12-15-11-18(27(29)30)7-8-20(15)26-10-9-25(13-21(19)26)17-5-3-16(23)4-6-17/h3-8,11,14,19,21H,9-10,12-13H2,1-2H3,(H,24,28). The van der Waals surface area contributed by atoms with Gasteiger partial charge in [-0.25, -0.2) is 4.39 Å². The first-order valence-electron chi connectivity index (χ1n) is 10.2. The summed E-state index contributed by atoms with van der Waals surface area (Å²) < 4.78 is 13.3. The van der Waals surface area contributed by atoms with Gasteiger partial charge in [0.25, 0.3) is 5.69 Å². The van der Waals surface area contributed by atoms with Crippen LogP contribution in [-0.2, 0) is 11.2 Å². The van der Waals surface area contributed by atoms with Gasteiger partial charge in [-0.2, -0.15) is 0 Å². The molecule has 2 heterocycles. The molecule has 0 bridgehead atoms. The Morgan fingerprint density at radius 3 is 2.60 bits per heavy atom. The van der Waals surface area contributed by atoms with E-state index in [4.69, 9.17) is 0 Å². The average Bonchev–Trinajstić information content (AvgIpc) is 2.72. The summed E-state index contributed by atoms with van der Waals surface area (Å²) >= 11 is 0. The Morgan fingerprint density at radius 1 is 1.20 bits per heavy atom. The zero-order valence-electron chi connectivity index (χ0n) is 17.0. The second-order valence-electron chi connectivity index (χ2n) is 8.23. The minimum Gasteiger partial charge on any atom is -0.368 e. The maximum Gasteiger partial charge on any atom is 0.269 e. The van der Waals surface area contributed by atoms with Gasteiger partial charge in [0, 0.05) is 49.2 Å². The molecule has 30 heavy (non-hydrogen) atoms. The molecule has 0 spiro atoms. The van der Waals surface area contributed by atoms with Crippen LogP contribution in [0.15, 0.2) is 42.5 Å². The van der Waals surface area contributed by atoms with Crippen molar-refractivity contribution in [2.75, 3.05) is 29.4 Å². The van der Waals surface area contributed by atoms with E-state index in [9.17, 15) is 19.3 Å². The second-order valence-corrected chi connectivity index (χ2v) is 8.23. The van der Waals surface area contributed by atoms with Crippen molar-refractivity contribution < 1.29 is 14.1 Å². The molecule has 0 aliphatic carbocycles. The summed E-state index contributed by atoms with van der Waals surface area (Å²) in [5.74, 6) is -0.650. The molecule has 0 radical (unpaired) electrons. The highest BCUT2D eigenvalue weighted by atomic mass is 19.1. The number of nitrogens with zero attached hydrogens (tertiary/aromatic N) is 3. The summed E-state index contributed by atoms with van der Waals surface area (Å²) in [5.41, 5.74) is 2.76. The summed E-state index contributed by atoms with van der Waals surface area (Å²) in [7, 11) is 0. The van der Waals surface area contributed by atoms with E-state index in [0.717, 1.165) is 23.5 Å². The molecule has 0 aromatic heterocycles. The number of hydrogen-bond acceptors (Lipinski definition) is 5. The highest BCUT2D eigenvalue weighted by Crippen LogP contribution is 2.38. The first-order chi connectivity index (χ1) is 14.3. The van der Waals surface area contributed by atoms with E-state index >= 15 is 0 Å². The summed E-state index contributed by atoms with van der Waals surface area (Å²) in [5, 5.41) is 14.2. The first kappa shape index (κ1) is 20.1. The monoisotopic (exact) mass is 412 g/mol. The molecule has 2 unspecified atom stereocenters. The molecular formula is C22H25FN4O3. The molecule has 1 N–H and O–H groups in total. The van der Waals surface area contributed by atoms with Crippen LogP contribution in [0.4, 0.5) is 21.5 Å². The number of hydrogen-bond donors (Lipinski definition) is 1. The topological polar surface area (TPSA) is 78.7 Å². The van der Waals surface area contributed by atoms with Crippen molar-refractivity contribution in [1.82, 2.24) is 5.32 Å². The molecule has 8 heteroatoms.